The van der Waals surface area contributed by atoms with E-state index in [9.17, 15) is 9.59 Å². The fourth-order valence-corrected chi connectivity index (χ4v) is 3.32. The molecule has 6 heteroatoms. The molecule has 0 aromatic heterocycles. The van der Waals surface area contributed by atoms with Crippen LogP contribution in [0.25, 0.3) is 0 Å². The highest BCUT2D eigenvalue weighted by molar-refractivity contribution is 9.10. The first-order valence-corrected chi connectivity index (χ1v) is 7.28. The number of ketones is 1. The molecule has 5 nitrogen and oxygen atoms in total. The molecule has 1 aromatic rings. The lowest BCUT2D eigenvalue weighted by atomic mass is 9.96. The molecule has 20 heavy (non-hydrogen) atoms. The van der Waals surface area contributed by atoms with Crippen LogP contribution >= 0.6 is 15.9 Å². The predicted molar refractivity (Wildman–Crippen MR) is 73.5 cm³/mol. The van der Waals surface area contributed by atoms with Gasteiger partial charge in [0, 0.05) is 24.0 Å². The molecular formula is C14H13BrO5. The summed E-state index contributed by atoms with van der Waals surface area (Å²) in [5.74, 6) is -0.345. The molecule has 106 valence electrons. The summed E-state index contributed by atoms with van der Waals surface area (Å²) >= 11 is 3.50. The normalized spacial score (nSPS) is 15.1. The zero-order chi connectivity index (χ0) is 14.3. The van der Waals surface area contributed by atoms with Crippen LogP contribution in [0.3, 0.4) is 0 Å². The molecule has 2 heterocycles. The Balaban J connectivity index is 2.16. The number of halogens is 1. The Labute approximate surface area is 124 Å². The summed E-state index contributed by atoms with van der Waals surface area (Å²) in [5, 5.41) is 0. The Kier molecular flexibility index (Phi) is 3.41. The summed E-state index contributed by atoms with van der Waals surface area (Å²) in [7, 11) is 0. The van der Waals surface area contributed by atoms with Gasteiger partial charge in [-0.15, -0.1) is 0 Å². The minimum absolute atomic E-state index is 0.169. The van der Waals surface area contributed by atoms with E-state index in [0.29, 0.717) is 43.1 Å². The van der Waals surface area contributed by atoms with Crippen molar-refractivity contribution in [1.82, 2.24) is 0 Å². The summed E-state index contributed by atoms with van der Waals surface area (Å²) < 4.78 is 16.8. The average molecular weight is 341 g/mol. The van der Waals surface area contributed by atoms with Gasteiger partial charge in [-0.2, -0.15) is 0 Å². The number of hydrogen-bond donors (Lipinski definition) is 0. The van der Waals surface area contributed by atoms with E-state index in [2.05, 4.69) is 15.9 Å². The van der Waals surface area contributed by atoms with Crippen molar-refractivity contribution in [2.24, 2.45) is 0 Å². The van der Waals surface area contributed by atoms with Gasteiger partial charge >= 0.3 is 5.97 Å². The molecule has 0 aliphatic carbocycles. The zero-order valence-electron chi connectivity index (χ0n) is 11.0. The largest absolute Gasteiger partial charge is 0.492 e. The number of fused-ring (bicyclic) bond motifs is 2. The summed E-state index contributed by atoms with van der Waals surface area (Å²) in [6.07, 6.45) is 1.28. The minimum atomic E-state index is -0.846. The Hall–Kier alpha value is -1.56. The van der Waals surface area contributed by atoms with E-state index in [4.69, 9.17) is 14.2 Å². The number of benzene rings is 1. The van der Waals surface area contributed by atoms with Gasteiger partial charge in [0.2, 0.25) is 0 Å². The molecule has 0 atom stereocenters. The summed E-state index contributed by atoms with van der Waals surface area (Å²) in [6, 6.07) is 0. The molecule has 2 aliphatic heterocycles. The number of hydrogen-bond acceptors (Lipinski definition) is 5. The van der Waals surface area contributed by atoms with Gasteiger partial charge in [-0.05, 0) is 22.9 Å². The van der Waals surface area contributed by atoms with Crippen LogP contribution in [0.2, 0.25) is 0 Å². The van der Waals surface area contributed by atoms with Crippen molar-refractivity contribution in [3.63, 3.8) is 0 Å². The maximum absolute atomic E-state index is 12.3. The van der Waals surface area contributed by atoms with Gasteiger partial charge in [-0.3, -0.25) is 4.79 Å². The third kappa shape index (κ3) is 1.90. The van der Waals surface area contributed by atoms with Gasteiger partial charge in [-0.25, -0.2) is 4.79 Å². The fourth-order valence-electron chi connectivity index (χ4n) is 2.59. The smallest absolute Gasteiger partial charge is 0.379 e. The molecule has 0 spiro atoms. The van der Waals surface area contributed by atoms with Crippen molar-refractivity contribution in [3.8, 4) is 11.5 Å². The molecule has 0 radical (unpaired) electrons. The maximum atomic E-state index is 12.3. The quantitative estimate of drug-likeness (QED) is 0.479. The Morgan fingerprint density at radius 1 is 1.15 bits per heavy atom. The van der Waals surface area contributed by atoms with Crippen molar-refractivity contribution in [2.75, 3.05) is 19.8 Å². The van der Waals surface area contributed by atoms with Crippen LogP contribution in [0, 0.1) is 0 Å². The molecule has 0 fully saturated rings. The number of carbonyl (C=O) groups is 2. The molecule has 0 amide bonds. The monoisotopic (exact) mass is 340 g/mol. The first-order chi connectivity index (χ1) is 9.65. The predicted octanol–water partition coefficient (Wildman–Crippen LogP) is 2.06. The summed E-state index contributed by atoms with van der Waals surface area (Å²) in [6.45, 7) is 2.84. The van der Waals surface area contributed by atoms with Gasteiger partial charge in [-0.1, -0.05) is 0 Å². The van der Waals surface area contributed by atoms with Crippen LogP contribution in [0.5, 0.6) is 11.5 Å². The second-order valence-electron chi connectivity index (χ2n) is 4.55. The summed E-state index contributed by atoms with van der Waals surface area (Å²) in [4.78, 5) is 24.1. The zero-order valence-corrected chi connectivity index (χ0v) is 12.5. The lowest BCUT2D eigenvalue weighted by Crippen LogP contribution is -2.19. The van der Waals surface area contributed by atoms with Crippen molar-refractivity contribution in [2.45, 2.75) is 19.8 Å². The molecule has 1 aromatic carbocycles. The Morgan fingerprint density at radius 2 is 1.80 bits per heavy atom. The van der Waals surface area contributed by atoms with E-state index in [1.165, 1.54) is 0 Å². The lowest BCUT2D eigenvalue weighted by molar-refractivity contribution is -0.137. The second-order valence-corrected chi connectivity index (χ2v) is 5.34. The third-order valence-corrected chi connectivity index (χ3v) is 4.26. The molecular weight excluding hydrogens is 328 g/mol. The van der Waals surface area contributed by atoms with Crippen LogP contribution < -0.4 is 9.47 Å². The van der Waals surface area contributed by atoms with Gasteiger partial charge in [0.05, 0.1) is 29.9 Å². The molecule has 2 aliphatic rings. The van der Waals surface area contributed by atoms with E-state index >= 15 is 0 Å². The highest BCUT2D eigenvalue weighted by Crippen LogP contribution is 2.47. The highest BCUT2D eigenvalue weighted by Gasteiger charge is 2.36. The van der Waals surface area contributed by atoms with Crippen molar-refractivity contribution in [1.29, 1.82) is 0 Å². The fraction of sp³-hybridized carbons (Fsp3) is 0.429. The van der Waals surface area contributed by atoms with E-state index < -0.39 is 11.8 Å². The molecule has 0 bridgehead atoms. The number of ether oxygens (including phenoxy) is 3. The van der Waals surface area contributed by atoms with E-state index in [1.807, 2.05) is 0 Å². The summed E-state index contributed by atoms with van der Waals surface area (Å²) in [5.41, 5.74) is 1.93. The van der Waals surface area contributed by atoms with Gasteiger partial charge in [0.15, 0.2) is 0 Å². The number of esters is 1. The van der Waals surface area contributed by atoms with Crippen LogP contribution in [0.1, 0.15) is 28.4 Å². The van der Waals surface area contributed by atoms with Crippen LogP contribution in [0.15, 0.2) is 4.47 Å². The maximum Gasteiger partial charge on any atom is 0.379 e. The second kappa shape index (κ2) is 5.09. The van der Waals surface area contributed by atoms with E-state index in [0.717, 1.165) is 15.6 Å². The van der Waals surface area contributed by atoms with Crippen LogP contribution in [-0.4, -0.2) is 31.6 Å². The SMILES string of the molecule is CCOC(=O)C(=O)c1c2c(c(Br)c3c1OCC3)OCC2. The Bertz CT molecular complexity index is 573. The van der Waals surface area contributed by atoms with E-state index in [-0.39, 0.29) is 6.61 Å². The average Bonchev–Trinajstić information content (AvgIpc) is 3.07. The molecule has 3 rings (SSSR count). The standard InChI is InChI=1S/C14H13BrO5/c1-2-18-14(17)11(16)9-7-3-5-20-13(7)10(15)8-4-6-19-12(8)9/h2-6H2,1H3. The topological polar surface area (TPSA) is 61.8 Å². The van der Waals surface area contributed by atoms with Gasteiger partial charge < -0.3 is 14.2 Å². The lowest BCUT2D eigenvalue weighted by Gasteiger charge is -2.13. The van der Waals surface area contributed by atoms with Gasteiger partial charge in [0.25, 0.3) is 5.78 Å². The highest BCUT2D eigenvalue weighted by atomic mass is 79.9. The van der Waals surface area contributed by atoms with E-state index in [1.54, 1.807) is 6.92 Å². The third-order valence-electron chi connectivity index (χ3n) is 3.43. The van der Waals surface area contributed by atoms with Crippen LogP contribution in [-0.2, 0) is 22.4 Å². The Morgan fingerprint density at radius 3 is 2.50 bits per heavy atom. The minimum Gasteiger partial charge on any atom is -0.492 e. The van der Waals surface area contributed by atoms with Crippen molar-refractivity contribution >= 4 is 27.7 Å². The number of carbonyl (C=O) groups excluding carboxylic acids is 2. The number of Topliss-reactive ketones (excluding diaryl/α,β-unsaturated/α-hetero) is 1. The first kappa shape index (κ1) is 13.4. The first-order valence-electron chi connectivity index (χ1n) is 6.49. The molecule has 0 N–H and O–H groups in total. The number of rotatable bonds is 3. The van der Waals surface area contributed by atoms with Crippen LogP contribution in [0.4, 0.5) is 0 Å². The molecule has 0 unspecified atom stereocenters. The molecule has 0 saturated heterocycles. The van der Waals surface area contributed by atoms with Crippen molar-refractivity contribution in [3.05, 3.63) is 21.2 Å². The van der Waals surface area contributed by atoms with Gasteiger partial charge in [0.1, 0.15) is 11.5 Å². The van der Waals surface area contributed by atoms with Crippen molar-refractivity contribution < 1.29 is 23.8 Å². The molecule has 0 saturated carbocycles.